The number of nitrogens with zero attached hydrogens (tertiary/aromatic N) is 2. The van der Waals surface area contributed by atoms with Crippen LogP contribution in [-0.2, 0) is 17.8 Å². The van der Waals surface area contributed by atoms with Crippen molar-refractivity contribution >= 4 is 33.1 Å². The maximum Gasteiger partial charge on any atom is 0.271 e. The number of fused-ring (bicyclic) bond motifs is 1. The summed E-state index contributed by atoms with van der Waals surface area (Å²) in [6.07, 6.45) is 2.38. The van der Waals surface area contributed by atoms with Crippen molar-refractivity contribution in [2.75, 3.05) is 5.32 Å². The van der Waals surface area contributed by atoms with Gasteiger partial charge in [0.2, 0.25) is 5.91 Å². The van der Waals surface area contributed by atoms with E-state index in [1.165, 1.54) is 27.8 Å². The van der Waals surface area contributed by atoms with Crippen LogP contribution in [0.25, 0.3) is 20.7 Å². The number of amides is 1. The van der Waals surface area contributed by atoms with Gasteiger partial charge in [-0.2, -0.15) is 0 Å². The molecule has 140 valence electrons. The minimum absolute atomic E-state index is 0.0735. The molecule has 0 aliphatic heterocycles. The molecule has 0 saturated heterocycles. The summed E-state index contributed by atoms with van der Waals surface area (Å²) in [6.45, 7) is 2.01. The normalized spacial score (nSPS) is 10.9. The molecule has 5 nitrogen and oxygen atoms in total. The van der Waals surface area contributed by atoms with Gasteiger partial charge in [-0.05, 0) is 35.7 Å². The molecule has 2 aromatic heterocycles. The van der Waals surface area contributed by atoms with Gasteiger partial charge in [0.1, 0.15) is 11.2 Å². The second-order valence-electron chi connectivity index (χ2n) is 6.47. The molecule has 2 aromatic carbocycles. The van der Waals surface area contributed by atoms with Crippen LogP contribution in [0.5, 0.6) is 0 Å². The van der Waals surface area contributed by atoms with E-state index in [4.69, 9.17) is 0 Å². The van der Waals surface area contributed by atoms with E-state index in [2.05, 4.69) is 17.2 Å². The number of carbonyl (C=O) groups is 1. The van der Waals surface area contributed by atoms with Gasteiger partial charge in [0.05, 0.1) is 11.8 Å². The van der Waals surface area contributed by atoms with E-state index in [0.717, 1.165) is 16.9 Å². The molecular weight excluding hydrogens is 370 g/mol. The Labute approximate surface area is 166 Å². The molecule has 0 unspecified atom stereocenters. The highest BCUT2D eigenvalue weighted by Crippen LogP contribution is 2.30. The number of aryl methyl sites for hydroxylation is 1. The molecule has 0 bridgehead atoms. The van der Waals surface area contributed by atoms with E-state index in [9.17, 15) is 9.59 Å². The smallest absolute Gasteiger partial charge is 0.271 e. The van der Waals surface area contributed by atoms with E-state index in [1.807, 2.05) is 60.7 Å². The summed E-state index contributed by atoms with van der Waals surface area (Å²) in [5, 5.41) is 2.83. The van der Waals surface area contributed by atoms with Crippen molar-refractivity contribution < 1.29 is 4.79 Å². The van der Waals surface area contributed by atoms with Gasteiger partial charge >= 0.3 is 0 Å². The van der Waals surface area contributed by atoms with Crippen molar-refractivity contribution in [2.45, 2.75) is 19.9 Å². The fourth-order valence-corrected chi connectivity index (χ4v) is 4.05. The van der Waals surface area contributed by atoms with Gasteiger partial charge in [-0.25, -0.2) is 4.98 Å². The average molecular weight is 389 g/mol. The molecule has 2 heterocycles. The van der Waals surface area contributed by atoms with Crippen LogP contribution < -0.4 is 10.9 Å². The Bertz CT molecular complexity index is 1180. The van der Waals surface area contributed by atoms with Gasteiger partial charge in [0, 0.05) is 10.6 Å². The lowest BCUT2D eigenvalue weighted by molar-refractivity contribution is -0.116. The lowest BCUT2D eigenvalue weighted by Gasteiger charge is -2.07. The molecule has 4 aromatic rings. The molecular formula is C22H19N3O2S. The third-order valence-corrected chi connectivity index (χ3v) is 5.68. The molecule has 4 rings (SSSR count). The molecule has 1 N–H and O–H groups in total. The number of anilines is 1. The zero-order valence-corrected chi connectivity index (χ0v) is 16.2. The first-order chi connectivity index (χ1) is 13.6. The summed E-state index contributed by atoms with van der Waals surface area (Å²) >= 11 is 1.40. The zero-order chi connectivity index (χ0) is 19.5. The fourth-order valence-electron chi connectivity index (χ4n) is 2.98. The molecule has 0 atom stereocenters. The lowest BCUT2D eigenvalue weighted by Crippen LogP contribution is -2.27. The monoisotopic (exact) mass is 389 g/mol. The van der Waals surface area contributed by atoms with Crippen molar-refractivity contribution in [3.05, 3.63) is 82.9 Å². The second-order valence-corrected chi connectivity index (χ2v) is 7.52. The Morgan fingerprint density at radius 1 is 1.11 bits per heavy atom. The largest absolute Gasteiger partial charge is 0.325 e. The number of thiophene rings is 1. The van der Waals surface area contributed by atoms with Crippen LogP contribution in [0.4, 0.5) is 5.69 Å². The van der Waals surface area contributed by atoms with Gasteiger partial charge in [-0.15, -0.1) is 11.3 Å². The first-order valence-electron chi connectivity index (χ1n) is 9.07. The molecule has 0 aliphatic rings. The molecule has 6 heteroatoms. The molecule has 28 heavy (non-hydrogen) atoms. The molecule has 0 fully saturated rings. The Morgan fingerprint density at radius 3 is 2.57 bits per heavy atom. The Morgan fingerprint density at radius 2 is 1.86 bits per heavy atom. The molecule has 0 radical (unpaired) electrons. The van der Waals surface area contributed by atoms with Crippen LogP contribution >= 0.6 is 11.3 Å². The molecule has 0 spiro atoms. The Kier molecular flexibility index (Phi) is 5.04. The topological polar surface area (TPSA) is 64.0 Å². The van der Waals surface area contributed by atoms with Crippen LogP contribution in [0, 0.1) is 0 Å². The van der Waals surface area contributed by atoms with E-state index in [-0.39, 0.29) is 18.0 Å². The van der Waals surface area contributed by atoms with Gasteiger partial charge in [-0.3, -0.25) is 14.2 Å². The maximum absolute atomic E-state index is 12.8. The number of nitrogens with one attached hydrogen (secondary N) is 1. The quantitative estimate of drug-likeness (QED) is 0.553. The number of hydrogen-bond acceptors (Lipinski definition) is 4. The average Bonchev–Trinajstić information content (AvgIpc) is 3.17. The number of hydrogen-bond donors (Lipinski definition) is 1. The molecule has 0 aliphatic carbocycles. The summed E-state index contributed by atoms with van der Waals surface area (Å²) in [6, 6.07) is 19.5. The highest BCUT2D eigenvalue weighted by Gasteiger charge is 2.12. The predicted octanol–water partition coefficient (Wildman–Crippen LogP) is 4.33. The third-order valence-electron chi connectivity index (χ3n) is 4.52. The lowest BCUT2D eigenvalue weighted by atomic mass is 10.1. The number of rotatable bonds is 5. The highest BCUT2D eigenvalue weighted by molar-refractivity contribution is 7.22. The summed E-state index contributed by atoms with van der Waals surface area (Å²) in [4.78, 5) is 30.5. The minimum atomic E-state index is -0.257. The van der Waals surface area contributed by atoms with Crippen molar-refractivity contribution in [3.63, 3.8) is 0 Å². The number of aromatic nitrogens is 2. The molecule has 0 saturated carbocycles. The maximum atomic E-state index is 12.8. The highest BCUT2D eigenvalue weighted by atomic mass is 32.1. The van der Waals surface area contributed by atoms with E-state index in [1.54, 1.807) is 0 Å². The second kappa shape index (κ2) is 7.78. The Balaban J connectivity index is 1.56. The van der Waals surface area contributed by atoms with Crippen LogP contribution in [0.3, 0.4) is 0 Å². The summed E-state index contributed by atoms with van der Waals surface area (Å²) in [5.74, 6) is -0.257. The fraction of sp³-hybridized carbons (Fsp3) is 0.136. The van der Waals surface area contributed by atoms with Crippen LogP contribution in [0.15, 0.2) is 71.8 Å². The van der Waals surface area contributed by atoms with Crippen molar-refractivity contribution in [2.24, 2.45) is 0 Å². The van der Waals surface area contributed by atoms with Crippen molar-refractivity contribution in [1.29, 1.82) is 0 Å². The van der Waals surface area contributed by atoms with Crippen LogP contribution in [0.1, 0.15) is 12.5 Å². The predicted molar refractivity (Wildman–Crippen MR) is 114 cm³/mol. The first-order valence-corrected chi connectivity index (χ1v) is 9.89. The van der Waals surface area contributed by atoms with E-state index in [0.29, 0.717) is 15.9 Å². The molecule has 1 amide bonds. The van der Waals surface area contributed by atoms with Gasteiger partial charge < -0.3 is 5.32 Å². The van der Waals surface area contributed by atoms with Crippen LogP contribution in [-0.4, -0.2) is 15.5 Å². The van der Waals surface area contributed by atoms with E-state index < -0.39 is 0 Å². The SMILES string of the molecule is CCc1ccc(NC(=O)Cn2cnc3cc(-c4ccccc4)sc3c2=O)cc1. The minimum Gasteiger partial charge on any atom is -0.325 e. The van der Waals surface area contributed by atoms with Gasteiger partial charge in [0.25, 0.3) is 5.56 Å². The zero-order valence-electron chi connectivity index (χ0n) is 15.4. The van der Waals surface area contributed by atoms with Gasteiger partial charge in [0.15, 0.2) is 0 Å². The van der Waals surface area contributed by atoms with Gasteiger partial charge in [-0.1, -0.05) is 49.4 Å². The summed E-state index contributed by atoms with van der Waals surface area (Å²) < 4.78 is 1.91. The van der Waals surface area contributed by atoms with Crippen molar-refractivity contribution in [3.8, 4) is 10.4 Å². The first kappa shape index (κ1) is 18.1. The number of carbonyl (C=O) groups excluding carboxylic acids is 1. The summed E-state index contributed by atoms with van der Waals surface area (Å²) in [5.41, 5.74) is 3.42. The standard InChI is InChI=1S/C22H19N3O2S/c1-2-15-8-10-17(11-9-15)24-20(26)13-25-14-23-18-12-19(28-21(18)22(25)27)16-6-4-3-5-7-16/h3-12,14H,2,13H2,1H3,(H,24,26). The van der Waals surface area contributed by atoms with Crippen molar-refractivity contribution in [1.82, 2.24) is 9.55 Å². The van der Waals surface area contributed by atoms with Crippen LogP contribution in [0.2, 0.25) is 0 Å². The summed E-state index contributed by atoms with van der Waals surface area (Å²) in [7, 11) is 0. The number of benzene rings is 2. The Hall–Kier alpha value is -3.25. The van der Waals surface area contributed by atoms with E-state index >= 15 is 0 Å². The third kappa shape index (κ3) is 3.73.